The summed E-state index contributed by atoms with van der Waals surface area (Å²) in [6.45, 7) is 5.69. The first-order chi connectivity index (χ1) is 12.6. The van der Waals surface area contributed by atoms with Gasteiger partial charge in [-0.2, -0.15) is 0 Å². The molecule has 1 atom stereocenters. The zero-order chi connectivity index (χ0) is 20.1. The predicted molar refractivity (Wildman–Crippen MR) is 99.4 cm³/mol. The van der Waals surface area contributed by atoms with Crippen molar-refractivity contribution in [3.63, 3.8) is 0 Å². The molecule has 0 aliphatic carbocycles. The average Bonchev–Trinajstić information content (AvgIpc) is 2.58. The Morgan fingerprint density at radius 3 is 2.59 bits per heavy atom. The molecular weight excluding hydrogens is 356 g/mol. The number of aryl methyl sites for hydroxylation is 1. The number of nitrogens with zero attached hydrogens (tertiary/aromatic N) is 3. The number of quaternary nitrogens is 1. The molecule has 1 N–H and O–H groups in total. The van der Waals surface area contributed by atoms with Crippen LogP contribution in [0.3, 0.4) is 0 Å². The number of halogens is 2. The number of carbonyl (C=O) groups is 1. The summed E-state index contributed by atoms with van der Waals surface area (Å²) in [7, 11) is 4.16. The second-order valence-electron chi connectivity index (χ2n) is 7.68. The molecule has 0 bridgehead atoms. The topological polar surface area (TPSA) is 62.5 Å². The third kappa shape index (κ3) is 3.07. The molecule has 6 nitrogen and oxygen atoms in total. The lowest BCUT2D eigenvalue weighted by Gasteiger charge is -2.45. The van der Waals surface area contributed by atoms with Crippen molar-refractivity contribution in [1.82, 2.24) is 4.57 Å². The summed E-state index contributed by atoms with van der Waals surface area (Å²) < 4.78 is 32.4. The summed E-state index contributed by atoms with van der Waals surface area (Å²) in [5.74, 6) is -3.08. The Bertz CT molecular complexity index is 985. The van der Waals surface area contributed by atoms with Gasteiger partial charge in [-0.3, -0.25) is 4.79 Å². The van der Waals surface area contributed by atoms with Gasteiger partial charge in [0.05, 0.1) is 44.6 Å². The van der Waals surface area contributed by atoms with E-state index in [2.05, 4.69) is 14.1 Å². The second-order valence-corrected chi connectivity index (χ2v) is 7.68. The number of aromatic carboxylic acids is 1. The standard InChI is InChI=1S/C19H23F2N3O3/c1-5-22-10-13(19(26)27)18(25)12-8-14(20)17(15(21)16(12)22)23-6-7-24(3,4)11(2)9-23/h8,10-11H,5-7,9H2,1-4H3/p+1. The van der Waals surface area contributed by atoms with Crippen LogP contribution in [-0.2, 0) is 6.54 Å². The summed E-state index contributed by atoms with van der Waals surface area (Å²) in [5, 5.41) is 8.96. The summed E-state index contributed by atoms with van der Waals surface area (Å²) in [6.07, 6.45) is 1.12. The smallest absolute Gasteiger partial charge is 0.341 e. The monoisotopic (exact) mass is 380 g/mol. The lowest BCUT2D eigenvalue weighted by atomic mass is 10.1. The Labute approximate surface area is 155 Å². The molecule has 2 aromatic rings. The fourth-order valence-corrected chi connectivity index (χ4v) is 3.60. The van der Waals surface area contributed by atoms with Gasteiger partial charge in [0, 0.05) is 12.7 Å². The first-order valence-corrected chi connectivity index (χ1v) is 8.94. The van der Waals surface area contributed by atoms with Crippen molar-refractivity contribution in [3.05, 3.63) is 39.7 Å². The van der Waals surface area contributed by atoms with Gasteiger partial charge in [-0.1, -0.05) is 0 Å². The van der Waals surface area contributed by atoms with Crippen LogP contribution in [-0.4, -0.2) is 59.9 Å². The molecule has 2 heterocycles. The van der Waals surface area contributed by atoms with Crippen molar-refractivity contribution < 1.29 is 23.2 Å². The molecule has 146 valence electrons. The van der Waals surface area contributed by atoms with Crippen molar-refractivity contribution in [3.8, 4) is 0 Å². The molecule has 1 aromatic carbocycles. The van der Waals surface area contributed by atoms with E-state index >= 15 is 4.39 Å². The minimum absolute atomic E-state index is 0.0594. The molecule has 1 aliphatic rings. The Balaban J connectivity index is 2.24. The lowest BCUT2D eigenvalue weighted by Crippen LogP contribution is -2.60. The van der Waals surface area contributed by atoms with Crippen LogP contribution < -0.4 is 10.3 Å². The minimum atomic E-state index is -1.42. The van der Waals surface area contributed by atoms with Crippen LogP contribution in [0.1, 0.15) is 24.2 Å². The van der Waals surface area contributed by atoms with Crippen molar-refractivity contribution >= 4 is 22.6 Å². The second kappa shape index (κ2) is 6.60. The molecule has 0 spiro atoms. The van der Waals surface area contributed by atoms with Crippen LogP contribution >= 0.6 is 0 Å². The molecule has 1 unspecified atom stereocenters. The summed E-state index contributed by atoms with van der Waals surface area (Å²) in [6, 6.07) is 1.14. The maximum absolute atomic E-state index is 15.4. The van der Waals surface area contributed by atoms with E-state index in [-0.39, 0.29) is 29.2 Å². The normalized spacial score (nSPS) is 19.5. The van der Waals surface area contributed by atoms with E-state index in [1.165, 1.54) is 4.57 Å². The molecule has 0 amide bonds. The molecule has 3 rings (SSSR count). The maximum Gasteiger partial charge on any atom is 0.341 e. The number of pyridine rings is 1. The van der Waals surface area contributed by atoms with Gasteiger partial charge in [-0.25, -0.2) is 13.6 Å². The quantitative estimate of drug-likeness (QED) is 0.830. The number of hydrogen-bond donors (Lipinski definition) is 1. The Morgan fingerprint density at radius 1 is 1.37 bits per heavy atom. The Morgan fingerprint density at radius 2 is 2.04 bits per heavy atom. The van der Waals surface area contributed by atoms with E-state index in [0.29, 0.717) is 13.1 Å². The number of aromatic nitrogens is 1. The van der Waals surface area contributed by atoms with Gasteiger partial charge in [0.15, 0.2) is 5.82 Å². The number of rotatable bonds is 3. The highest BCUT2D eigenvalue weighted by atomic mass is 19.1. The largest absolute Gasteiger partial charge is 0.477 e. The summed E-state index contributed by atoms with van der Waals surface area (Å²) in [4.78, 5) is 25.4. The zero-order valence-corrected chi connectivity index (χ0v) is 15.9. The van der Waals surface area contributed by atoms with Crippen molar-refractivity contribution in [2.45, 2.75) is 26.4 Å². The highest BCUT2D eigenvalue weighted by Crippen LogP contribution is 2.32. The third-order valence-electron chi connectivity index (χ3n) is 5.74. The molecule has 1 aromatic heterocycles. The van der Waals surface area contributed by atoms with Crippen molar-refractivity contribution in [2.75, 3.05) is 38.6 Å². The first kappa shape index (κ1) is 19.3. The molecular formula is C19H24F2N3O3+. The molecule has 1 fully saturated rings. The van der Waals surface area contributed by atoms with Crippen LogP contribution in [0.15, 0.2) is 17.1 Å². The lowest BCUT2D eigenvalue weighted by molar-refractivity contribution is -0.913. The number of fused-ring (bicyclic) bond motifs is 1. The zero-order valence-electron chi connectivity index (χ0n) is 15.9. The number of carboxylic acids is 1. The molecule has 27 heavy (non-hydrogen) atoms. The van der Waals surface area contributed by atoms with Crippen molar-refractivity contribution in [2.24, 2.45) is 0 Å². The van der Waals surface area contributed by atoms with E-state index in [0.717, 1.165) is 23.3 Å². The van der Waals surface area contributed by atoms with Gasteiger partial charge in [0.1, 0.15) is 23.1 Å². The van der Waals surface area contributed by atoms with Crippen LogP contribution in [0.4, 0.5) is 14.5 Å². The molecule has 0 saturated carbocycles. The van der Waals surface area contributed by atoms with Crippen LogP contribution in [0.2, 0.25) is 0 Å². The van der Waals surface area contributed by atoms with Gasteiger partial charge in [-0.15, -0.1) is 0 Å². The minimum Gasteiger partial charge on any atom is -0.477 e. The average molecular weight is 380 g/mol. The third-order valence-corrected chi connectivity index (χ3v) is 5.74. The number of carboxylic acid groups (broad SMARTS) is 1. The van der Waals surface area contributed by atoms with E-state index in [1.807, 2.05) is 6.92 Å². The number of piperazine rings is 1. The van der Waals surface area contributed by atoms with Gasteiger partial charge in [-0.05, 0) is 19.9 Å². The molecule has 1 saturated heterocycles. The van der Waals surface area contributed by atoms with E-state index in [4.69, 9.17) is 0 Å². The highest BCUT2D eigenvalue weighted by molar-refractivity contribution is 5.93. The van der Waals surface area contributed by atoms with E-state index in [9.17, 15) is 19.1 Å². The number of anilines is 1. The first-order valence-electron chi connectivity index (χ1n) is 8.94. The Hall–Kier alpha value is -2.48. The summed E-state index contributed by atoms with van der Waals surface area (Å²) >= 11 is 0. The van der Waals surface area contributed by atoms with E-state index in [1.54, 1.807) is 11.8 Å². The number of hydrogen-bond acceptors (Lipinski definition) is 3. The van der Waals surface area contributed by atoms with Gasteiger partial charge in [0.25, 0.3) is 0 Å². The van der Waals surface area contributed by atoms with Gasteiger partial charge >= 0.3 is 5.97 Å². The van der Waals surface area contributed by atoms with Gasteiger partial charge in [0.2, 0.25) is 5.43 Å². The highest BCUT2D eigenvalue weighted by Gasteiger charge is 2.35. The van der Waals surface area contributed by atoms with Gasteiger partial charge < -0.3 is 19.1 Å². The van der Waals surface area contributed by atoms with Crippen LogP contribution in [0.5, 0.6) is 0 Å². The Kier molecular flexibility index (Phi) is 4.71. The maximum atomic E-state index is 15.4. The van der Waals surface area contributed by atoms with Crippen LogP contribution in [0, 0.1) is 11.6 Å². The fraction of sp³-hybridized carbons (Fsp3) is 0.474. The number of likely N-dealkylation sites (N-methyl/N-ethyl adjacent to an activating group) is 1. The molecule has 0 radical (unpaired) electrons. The molecule has 8 heteroatoms. The summed E-state index contributed by atoms with van der Waals surface area (Å²) in [5.41, 5.74) is -1.59. The molecule has 1 aliphatic heterocycles. The van der Waals surface area contributed by atoms with Crippen LogP contribution in [0.25, 0.3) is 10.9 Å². The number of benzene rings is 1. The van der Waals surface area contributed by atoms with Crippen molar-refractivity contribution in [1.29, 1.82) is 0 Å². The SMILES string of the molecule is CCn1cc(C(=O)O)c(=O)c2cc(F)c(N3CC[N+](C)(C)C(C)C3)c(F)c21. The van der Waals surface area contributed by atoms with E-state index < -0.39 is 28.6 Å². The predicted octanol–water partition coefficient (Wildman–Crippen LogP) is 2.28. The fourth-order valence-electron chi connectivity index (χ4n) is 3.60.